The summed E-state index contributed by atoms with van der Waals surface area (Å²) in [5.74, 6) is 0.0878. The Morgan fingerprint density at radius 2 is 1.79 bits per heavy atom. The monoisotopic (exact) mass is 514 g/mol. The number of carbonyl (C=O) groups is 1. The van der Waals surface area contributed by atoms with Gasteiger partial charge >= 0.3 is 6.18 Å². The van der Waals surface area contributed by atoms with Gasteiger partial charge in [0.2, 0.25) is 0 Å². The van der Waals surface area contributed by atoms with Crippen LogP contribution in [-0.4, -0.2) is 36.2 Å². The molecular formula is C24H26F4N2O2S2. The van der Waals surface area contributed by atoms with Gasteiger partial charge < -0.3 is 4.74 Å². The van der Waals surface area contributed by atoms with Crippen molar-refractivity contribution in [2.45, 2.75) is 42.7 Å². The second-order valence-corrected chi connectivity index (χ2v) is 10.4. The number of nitrogens with zero attached hydrogens (tertiary/aromatic N) is 1. The SMILES string of the molecule is CSNC(=O)c1cc(C2CC2)c(OCC2CCN(Sc3ccc(C(F)(F)F)cc3)CC2)cc1F. The summed E-state index contributed by atoms with van der Waals surface area (Å²) in [7, 11) is 0. The van der Waals surface area contributed by atoms with E-state index < -0.39 is 23.5 Å². The van der Waals surface area contributed by atoms with Crippen LogP contribution in [0.2, 0.25) is 0 Å². The van der Waals surface area contributed by atoms with Crippen LogP contribution in [0.5, 0.6) is 5.75 Å². The van der Waals surface area contributed by atoms with E-state index in [-0.39, 0.29) is 5.56 Å². The molecule has 2 fully saturated rings. The van der Waals surface area contributed by atoms with E-state index in [0.717, 1.165) is 73.3 Å². The standard InChI is InChI=1S/C24H26F4N2O2S2/c1-33-29-23(31)20-12-19(16-2-3-16)22(13-21(20)25)32-14-15-8-10-30(11-9-15)34-18-6-4-17(5-7-18)24(26,27)28/h4-7,12-13,15-16H,2-3,8-11,14H2,1H3,(H,29,31). The molecule has 1 amide bonds. The highest BCUT2D eigenvalue weighted by atomic mass is 32.2. The molecular weight excluding hydrogens is 488 g/mol. The van der Waals surface area contributed by atoms with Crippen molar-refractivity contribution in [3.8, 4) is 5.75 Å². The summed E-state index contributed by atoms with van der Waals surface area (Å²) in [6.45, 7) is 2.04. The molecule has 1 saturated heterocycles. The van der Waals surface area contributed by atoms with E-state index in [1.807, 2.05) is 0 Å². The smallest absolute Gasteiger partial charge is 0.416 e. The first-order valence-corrected chi connectivity index (χ1v) is 13.1. The Labute approximate surface area is 205 Å². The van der Waals surface area contributed by atoms with Crippen LogP contribution in [0.1, 0.15) is 53.1 Å². The normalized spacial score (nSPS) is 17.6. The average Bonchev–Trinajstić information content (AvgIpc) is 3.64. The van der Waals surface area contributed by atoms with Crippen molar-refractivity contribution in [1.82, 2.24) is 9.03 Å². The van der Waals surface area contributed by atoms with Crippen molar-refractivity contribution in [3.05, 3.63) is 58.9 Å². The van der Waals surface area contributed by atoms with Crippen LogP contribution in [0, 0.1) is 11.7 Å². The highest BCUT2D eigenvalue weighted by molar-refractivity contribution is 7.97. The molecule has 34 heavy (non-hydrogen) atoms. The van der Waals surface area contributed by atoms with Gasteiger partial charge in [-0.05, 0) is 85.4 Å². The van der Waals surface area contributed by atoms with Gasteiger partial charge in [-0.3, -0.25) is 9.52 Å². The zero-order valence-electron chi connectivity index (χ0n) is 18.7. The number of alkyl halides is 3. The largest absolute Gasteiger partial charge is 0.493 e. The average molecular weight is 515 g/mol. The quantitative estimate of drug-likeness (QED) is 0.321. The van der Waals surface area contributed by atoms with Gasteiger partial charge in [-0.2, -0.15) is 13.2 Å². The van der Waals surface area contributed by atoms with Gasteiger partial charge in [-0.25, -0.2) is 8.70 Å². The molecule has 1 heterocycles. The number of nitrogens with one attached hydrogen (secondary N) is 1. The van der Waals surface area contributed by atoms with Gasteiger partial charge in [0, 0.05) is 30.3 Å². The Morgan fingerprint density at radius 1 is 1.12 bits per heavy atom. The predicted octanol–water partition coefficient (Wildman–Crippen LogP) is 6.53. The van der Waals surface area contributed by atoms with Gasteiger partial charge in [-0.1, -0.05) is 11.9 Å². The lowest BCUT2D eigenvalue weighted by atomic mass is 9.99. The summed E-state index contributed by atoms with van der Waals surface area (Å²) >= 11 is 2.59. The van der Waals surface area contributed by atoms with Crippen LogP contribution >= 0.6 is 23.9 Å². The maximum atomic E-state index is 14.6. The number of rotatable bonds is 8. The van der Waals surface area contributed by atoms with Gasteiger partial charge in [0.25, 0.3) is 5.91 Å². The Bertz CT molecular complexity index is 1010. The molecule has 1 aliphatic heterocycles. The van der Waals surface area contributed by atoms with Crippen LogP contribution in [-0.2, 0) is 6.18 Å². The summed E-state index contributed by atoms with van der Waals surface area (Å²) in [6, 6.07) is 8.17. The molecule has 4 rings (SSSR count). The number of carbonyl (C=O) groups excluding carboxylic acids is 1. The lowest BCUT2D eigenvalue weighted by Crippen LogP contribution is -2.31. The van der Waals surface area contributed by atoms with Crippen LogP contribution in [0.25, 0.3) is 0 Å². The number of piperidine rings is 1. The first-order chi connectivity index (χ1) is 16.2. The first kappa shape index (κ1) is 25.2. The molecule has 1 N–H and O–H groups in total. The zero-order valence-corrected chi connectivity index (χ0v) is 20.3. The fourth-order valence-corrected chi connectivity index (χ4v) is 5.21. The number of amides is 1. The minimum Gasteiger partial charge on any atom is -0.493 e. The lowest BCUT2D eigenvalue weighted by molar-refractivity contribution is -0.137. The van der Waals surface area contributed by atoms with Crippen LogP contribution in [0.3, 0.4) is 0 Å². The van der Waals surface area contributed by atoms with Crippen molar-refractivity contribution in [2.75, 3.05) is 26.0 Å². The van der Waals surface area contributed by atoms with Crippen LogP contribution < -0.4 is 9.46 Å². The molecule has 0 aromatic heterocycles. The van der Waals surface area contributed by atoms with Crippen molar-refractivity contribution in [2.24, 2.45) is 5.92 Å². The van der Waals surface area contributed by atoms with E-state index in [1.165, 1.54) is 30.1 Å². The molecule has 0 bridgehead atoms. The molecule has 0 spiro atoms. The first-order valence-electron chi connectivity index (χ1n) is 11.1. The molecule has 0 unspecified atom stereocenters. The van der Waals surface area contributed by atoms with E-state index in [2.05, 4.69) is 9.03 Å². The van der Waals surface area contributed by atoms with Crippen LogP contribution in [0.15, 0.2) is 41.3 Å². The third-order valence-corrected chi connectivity index (χ3v) is 7.52. The third kappa shape index (κ3) is 6.40. The Hall–Kier alpha value is -1.91. The molecule has 0 radical (unpaired) electrons. The van der Waals surface area contributed by atoms with Crippen LogP contribution in [0.4, 0.5) is 17.6 Å². The minimum atomic E-state index is -4.33. The summed E-state index contributed by atoms with van der Waals surface area (Å²) < 4.78 is 63.5. The van der Waals surface area contributed by atoms with Crippen molar-refractivity contribution < 1.29 is 27.1 Å². The maximum Gasteiger partial charge on any atom is 0.416 e. The van der Waals surface area contributed by atoms with Gasteiger partial charge in [-0.15, -0.1) is 0 Å². The molecule has 0 atom stereocenters. The molecule has 2 aromatic carbocycles. The number of hydrogen-bond acceptors (Lipinski definition) is 5. The minimum absolute atomic E-state index is 0.0391. The second kappa shape index (κ2) is 10.8. The lowest BCUT2D eigenvalue weighted by Gasteiger charge is -2.31. The highest BCUT2D eigenvalue weighted by Gasteiger charge is 2.31. The van der Waals surface area contributed by atoms with Crippen molar-refractivity contribution >= 4 is 29.8 Å². The predicted molar refractivity (Wildman–Crippen MR) is 126 cm³/mol. The van der Waals surface area contributed by atoms with E-state index in [9.17, 15) is 22.4 Å². The Kier molecular flexibility index (Phi) is 7.99. The fraction of sp³-hybridized carbons (Fsp3) is 0.458. The van der Waals surface area contributed by atoms with Gasteiger partial charge in [0.15, 0.2) is 0 Å². The highest BCUT2D eigenvalue weighted by Crippen LogP contribution is 2.45. The molecule has 1 aliphatic carbocycles. The molecule has 2 aliphatic rings. The number of halogens is 4. The van der Waals surface area contributed by atoms with Crippen molar-refractivity contribution in [3.63, 3.8) is 0 Å². The number of ether oxygens (including phenoxy) is 1. The maximum absolute atomic E-state index is 14.6. The van der Waals surface area contributed by atoms with E-state index in [0.29, 0.717) is 24.2 Å². The molecule has 1 saturated carbocycles. The fourth-order valence-electron chi connectivity index (χ4n) is 3.96. The second-order valence-electron chi connectivity index (χ2n) is 8.58. The van der Waals surface area contributed by atoms with Gasteiger partial charge in [0.05, 0.1) is 17.7 Å². The summed E-state index contributed by atoms with van der Waals surface area (Å²) in [5, 5.41) is 0. The topological polar surface area (TPSA) is 41.6 Å². The molecule has 2 aromatic rings. The molecule has 4 nitrogen and oxygen atoms in total. The van der Waals surface area contributed by atoms with E-state index in [4.69, 9.17) is 4.74 Å². The number of benzene rings is 2. The summed E-state index contributed by atoms with van der Waals surface area (Å²) in [5.41, 5.74) is 0.285. The zero-order chi connectivity index (χ0) is 24.3. The molecule has 184 valence electrons. The third-order valence-electron chi connectivity index (χ3n) is 6.02. The Balaban J connectivity index is 1.30. The molecule has 10 heteroatoms. The summed E-state index contributed by atoms with van der Waals surface area (Å²) in [4.78, 5) is 12.9. The summed E-state index contributed by atoms with van der Waals surface area (Å²) in [6.07, 6.45) is 1.15. The Morgan fingerprint density at radius 3 is 2.38 bits per heavy atom. The van der Waals surface area contributed by atoms with Crippen molar-refractivity contribution in [1.29, 1.82) is 0 Å². The van der Waals surface area contributed by atoms with E-state index in [1.54, 1.807) is 12.3 Å². The number of hydrogen-bond donors (Lipinski definition) is 1. The van der Waals surface area contributed by atoms with E-state index >= 15 is 0 Å². The van der Waals surface area contributed by atoms with Gasteiger partial charge in [0.1, 0.15) is 11.6 Å².